The van der Waals surface area contributed by atoms with Crippen LogP contribution in [0.4, 0.5) is 5.69 Å². The quantitative estimate of drug-likeness (QED) is 0.342. The number of rotatable bonds is 8. The monoisotopic (exact) mass is 593 g/mol. The van der Waals surface area contributed by atoms with Gasteiger partial charge in [-0.05, 0) is 12.8 Å². The van der Waals surface area contributed by atoms with E-state index in [-0.39, 0.29) is 31.1 Å². The van der Waals surface area contributed by atoms with E-state index in [1.54, 1.807) is 4.90 Å². The zero-order chi connectivity index (χ0) is 18.2. The van der Waals surface area contributed by atoms with Gasteiger partial charge in [-0.25, -0.2) is 11.8 Å². The average Bonchev–Trinajstić information content (AvgIpc) is 2.71. The molecule has 0 radical (unpaired) electrons. The van der Waals surface area contributed by atoms with Crippen LogP contribution in [0.3, 0.4) is 0 Å². The predicted octanol–water partition coefficient (Wildman–Crippen LogP) is 3.26. The van der Waals surface area contributed by atoms with Crippen molar-refractivity contribution in [1.82, 2.24) is 9.80 Å². The van der Waals surface area contributed by atoms with E-state index >= 15 is 0 Å². The van der Waals surface area contributed by atoms with Crippen molar-refractivity contribution < 1.29 is 35.9 Å². The molecule has 0 bridgehead atoms. The standard InChI is InChI=1S/C22H33N3O.U/c1-2-6-20-9-11-22(12-10-20)25(19-26)18-15-23-13-16-24(17-14-23)21-7-4-3-5-8-21;/h9-11,21H,2-8,13-18H2,1H3;/q-2;+2. The number of hydrogen-bond acceptors (Lipinski definition) is 3. The zero-order valence-electron chi connectivity index (χ0n) is 16.8. The van der Waals surface area contributed by atoms with E-state index in [4.69, 9.17) is 0 Å². The van der Waals surface area contributed by atoms with Gasteiger partial charge in [0.05, 0.1) is 6.41 Å². The minimum absolute atomic E-state index is 0. The maximum Gasteiger partial charge on any atom is 2.00 e. The van der Waals surface area contributed by atoms with Crippen LogP contribution in [0.2, 0.25) is 0 Å². The molecule has 2 fully saturated rings. The third-order valence-corrected chi connectivity index (χ3v) is 5.94. The van der Waals surface area contributed by atoms with Gasteiger partial charge in [0.25, 0.3) is 0 Å². The fourth-order valence-electron chi connectivity index (χ4n) is 4.32. The van der Waals surface area contributed by atoms with Gasteiger partial charge in [0.2, 0.25) is 0 Å². The van der Waals surface area contributed by atoms with Crippen molar-refractivity contribution in [3.8, 4) is 0 Å². The molecule has 1 saturated heterocycles. The molecular weight excluding hydrogens is 560 g/mol. The van der Waals surface area contributed by atoms with Gasteiger partial charge in [-0.1, -0.05) is 39.0 Å². The normalized spacial score (nSPS) is 19.4. The number of benzene rings is 1. The van der Waals surface area contributed by atoms with Gasteiger partial charge in [-0.3, -0.25) is 15.9 Å². The van der Waals surface area contributed by atoms with Crippen LogP contribution in [0, 0.1) is 37.2 Å². The molecule has 1 amide bonds. The molecule has 3 rings (SSSR count). The van der Waals surface area contributed by atoms with Crippen LogP contribution in [0.25, 0.3) is 0 Å². The van der Waals surface area contributed by atoms with Crippen molar-refractivity contribution in [2.45, 2.75) is 57.9 Å². The van der Waals surface area contributed by atoms with Gasteiger partial charge >= 0.3 is 31.1 Å². The molecule has 27 heavy (non-hydrogen) atoms. The average molecular weight is 594 g/mol. The van der Waals surface area contributed by atoms with Gasteiger partial charge in [-0.15, -0.1) is 0 Å². The maximum absolute atomic E-state index is 11.4. The van der Waals surface area contributed by atoms with Gasteiger partial charge in [0, 0.05) is 45.3 Å². The van der Waals surface area contributed by atoms with Crippen molar-refractivity contribution in [1.29, 1.82) is 0 Å². The van der Waals surface area contributed by atoms with Crippen molar-refractivity contribution in [3.05, 3.63) is 29.8 Å². The summed E-state index contributed by atoms with van der Waals surface area (Å²) in [7, 11) is 0. The van der Waals surface area contributed by atoms with Crippen LogP contribution in [0.1, 0.15) is 51.0 Å². The third kappa shape index (κ3) is 6.89. The molecule has 4 nitrogen and oxygen atoms in total. The molecule has 0 unspecified atom stereocenters. The molecule has 1 heterocycles. The minimum Gasteiger partial charge on any atom is -0.497 e. The van der Waals surface area contributed by atoms with E-state index in [0.717, 1.165) is 44.2 Å². The number of amides is 1. The number of carbonyl (C=O) groups excluding carboxylic acids is 1. The van der Waals surface area contributed by atoms with Crippen LogP contribution in [0.15, 0.2) is 18.2 Å². The molecule has 1 aromatic carbocycles. The predicted molar refractivity (Wildman–Crippen MR) is 107 cm³/mol. The Morgan fingerprint density at radius 2 is 1.89 bits per heavy atom. The largest absolute Gasteiger partial charge is 2.00 e. The van der Waals surface area contributed by atoms with Crippen molar-refractivity contribution in [2.75, 3.05) is 44.2 Å². The first-order valence-electron chi connectivity index (χ1n) is 10.4. The fourth-order valence-corrected chi connectivity index (χ4v) is 4.32. The summed E-state index contributed by atoms with van der Waals surface area (Å²) < 4.78 is 0. The summed E-state index contributed by atoms with van der Waals surface area (Å²) in [5, 5.41) is 0. The van der Waals surface area contributed by atoms with Gasteiger partial charge in [-0.2, -0.15) is 17.7 Å². The fraction of sp³-hybridized carbons (Fsp3) is 0.682. The first kappa shape index (κ1) is 22.9. The van der Waals surface area contributed by atoms with Crippen LogP contribution in [-0.4, -0.2) is 61.5 Å². The summed E-state index contributed by atoms with van der Waals surface area (Å²) in [5.41, 5.74) is 2.11. The number of anilines is 1. The van der Waals surface area contributed by atoms with Gasteiger partial charge in [0.1, 0.15) is 0 Å². The zero-order valence-corrected chi connectivity index (χ0v) is 20.9. The summed E-state index contributed by atoms with van der Waals surface area (Å²) in [6, 6.07) is 10.2. The molecule has 1 aliphatic heterocycles. The van der Waals surface area contributed by atoms with E-state index in [9.17, 15) is 4.79 Å². The topological polar surface area (TPSA) is 26.8 Å². The Morgan fingerprint density at radius 1 is 1.15 bits per heavy atom. The van der Waals surface area contributed by atoms with Crippen LogP contribution < -0.4 is 4.90 Å². The van der Waals surface area contributed by atoms with Crippen molar-refractivity contribution in [3.63, 3.8) is 0 Å². The maximum atomic E-state index is 11.4. The van der Waals surface area contributed by atoms with Crippen molar-refractivity contribution in [2.24, 2.45) is 0 Å². The minimum atomic E-state index is 0. The number of aryl methyl sites for hydroxylation is 1. The number of hydrogen-bond donors (Lipinski definition) is 0. The Labute approximate surface area is 189 Å². The van der Waals surface area contributed by atoms with E-state index in [1.165, 1.54) is 50.8 Å². The molecule has 0 atom stereocenters. The summed E-state index contributed by atoms with van der Waals surface area (Å²) in [5.74, 6) is 0. The van der Waals surface area contributed by atoms with Gasteiger partial charge < -0.3 is 9.69 Å². The Morgan fingerprint density at radius 3 is 2.48 bits per heavy atom. The SMILES string of the molecule is CCCc1c[c-]c(N([C-]=O)CCN2CCN(C3CCCCC3)CC2)cc1.[U+2]. The molecule has 0 spiro atoms. The Kier molecular flexibility index (Phi) is 10.4. The molecule has 5 heteroatoms. The van der Waals surface area contributed by atoms with E-state index in [2.05, 4.69) is 35.3 Å². The third-order valence-electron chi connectivity index (χ3n) is 5.94. The molecule has 1 aliphatic carbocycles. The smallest absolute Gasteiger partial charge is 0.497 e. The van der Waals surface area contributed by atoms with Crippen LogP contribution in [0.5, 0.6) is 0 Å². The molecular formula is C22H33N3OU. The molecule has 1 saturated carbocycles. The first-order chi connectivity index (χ1) is 12.8. The van der Waals surface area contributed by atoms with Crippen molar-refractivity contribution >= 4 is 12.1 Å². The first-order valence-corrected chi connectivity index (χ1v) is 10.4. The van der Waals surface area contributed by atoms with Crippen LogP contribution in [-0.2, 0) is 11.2 Å². The second-order valence-electron chi connectivity index (χ2n) is 7.74. The van der Waals surface area contributed by atoms with E-state index < -0.39 is 0 Å². The van der Waals surface area contributed by atoms with Crippen LogP contribution >= 0.6 is 0 Å². The number of piperazine rings is 1. The molecule has 1 aromatic rings. The Balaban J connectivity index is 0.00000261. The van der Waals surface area contributed by atoms with Gasteiger partial charge in [0.15, 0.2) is 0 Å². The Bertz CT molecular complexity index is 537. The summed E-state index contributed by atoms with van der Waals surface area (Å²) in [6.07, 6.45) is 11.3. The molecule has 0 N–H and O–H groups in total. The summed E-state index contributed by atoms with van der Waals surface area (Å²) in [6.45, 7) is 8.35. The molecule has 146 valence electrons. The second-order valence-corrected chi connectivity index (χ2v) is 7.74. The summed E-state index contributed by atoms with van der Waals surface area (Å²) in [4.78, 5) is 18.2. The second kappa shape index (κ2) is 12.3. The Hall–Kier alpha value is -0.338. The number of nitrogens with zero attached hydrogens (tertiary/aromatic N) is 3. The van der Waals surface area contributed by atoms with E-state index in [0.29, 0.717) is 6.54 Å². The molecule has 2 aliphatic rings. The summed E-state index contributed by atoms with van der Waals surface area (Å²) >= 11 is 0. The van der Waals surface area contributed by atoms with E-state index in [1.807, 2.05) is 12.1 Å². The molecule has 0 aromatic heterocycles.